The highest BCUT2D eigenvalue weighted by molar-refractivity contribution is 5.72. The first-order chi connectivity index (χ1) is 8.09. The van der Waals surface area contributed by atoms with Gasteiger partial charge >= 0.3 is 5.97 Å². The van der Waals surface area contributed by atoms with Crippen molar-refractivity contribution in [2.45, 2.75) is 72.6 Å². The van der Waals surface area contributed by atoms with Crippen molar-refractivity contribution in [3.8, 4) is 0 Å². The molecule has 0 aliphatic carbocycles. The summed E-state index contributed by atoms with van der Waals surface area (Å²) in [5.74, 6) is 0.363. The maximum absolute atomic E-state index is 11.5. The van der Waals surface area contributed by atoms with Crippen molar-refractivity contribution < 1.29 is 9.53 Å². The summed E-state index contributed by atoms with van der Waals surface area (Å²) < 4.78 is 5.25. The summed E-state index contributed by atoms with van der Waals surface area (Å²) in [6, 6.07) is 0. The van der Waals surface area contributed by atoms with Crippen LogP contribution in [0.15, 0.2) is 0 Å². The molecule has 0 aliphatic rings. The van der Waals surface area contributed by atoms with Crippen LogP contribution in [-0.2, 0) is 9.53 Å². The molecule has 0 bridgehead atoms. The van der Waals surface area contributed by atoms with Crippen molar-refractivity contribution in [3.05, 3.63) is 0 Å². The van der Waals surface area contributed by atoms with Crippen molar-refractivity contribution in [3.63, 3.8) is 0 Å². The summed E-state index contributed by atoms with van der Waals surface area (Å²) in [6.07, 6.45) is 8.80. The van der Waals surface area contributed by atoms with E-state index in [0.29, 0.717) is 12.5 Å². The molecule has 17 heavy (non-hydrogen) atoms. The Morgan fingerprint density at radius 1 is 0.941 bits per heavy atom. The van der Waals surface area contributed by atoms with E-state index in [1.807, 2.05) is 6.92 Å². The highest BCUT2D eigenvalue weighted by Crippen LogP contribution is 2.12. The van der Waals surface area contributed by atoms with Gasteiger partial charge in [0, 0.05) is 0 Å². The van der Waals surface area contributed by atoms with Gasteiger partial charge in [-0.25, -0.2) is 0 Å². The molecule has 1 atom stereocenters. The van der Waals surface area contributed by atoms with Crippen LogP contribution in [0.25, 0.3) is 0 Å². The summed E-state index contributed by atoms with van der Waals surface area (Å²) in [7, 11) is 0. The minimum atomic E-state index is -0.0361. The average Bonchev–Trinajstić information content (AvgIpc) is 2.31. The number of ether oxygens (including phenoxy) is 1. The smallest absolute Gasteiger partial charge is 0.308 e. The van der Waals surface area contributed by atoms with E-state index in [0.717, 1.165) is 6.42 Å². The minimum absolute atomic E-state index is 0.0274. The van der Waals surface area contributed by atoms with Gasteiger partial charge in [0.1, 0.15) is 0 Å². The molecule has 2 heteroatoms. The summed E-state index contributed by atoms with van der Waals surface area (Å²) in [5, 5.41) is 0. The first-order valence-electron chi connectivity index (χ1n) is 7.26. The molecule has 0 saturated carbocycles. The van der Waals surface area contributed by atoms with Crippen LogP contribution in [0.5, 0.6) is 0 Å². The van der Waals surface area contributed by atoms with E-state index in [-0.39, 0.29) is 11.9 Å². The Bertz CT molecular complexity index is 187. The summed E-state index contributed by atoms with van der Waals surface area (Å²) in [6.45, 7) is 8.88. The number of carbonyl (C=O) groups excluding carboxylic acids is 1. The molecule has 0 radical (unpaired) electrons. The first-order valence-corrected chi connectivity index (χ1v) is 7.26. The number of hydrogen-bond acceptors (Lipinski definition) is 2. The monoisotopic (exact) mass is 242 g/mol. The van der Waals surface area contributed by atoms with E-state index in [9.17, 15) is 4.79 Å². The molecule has 0 amide bonds. The molecular formula is C15H30O2. The molecular weight excluding hydrogens is 212 g/mol. The Morgan fingerprint density at radius 3 is 2.00 bits per heavy atom. The standard InChI is InChI=1S/C15H30O2/c1-5-6-7-8-9-10-11-12-17-15(16)14(4)13(2)3/h13-14H,5-12H2,1-4H3. The van der Waals surface area contributed by atoms with Gasteiger partial charge in [-0.3, -0.25) is 4.79 Å². The Kier molecular flexibility index (Phi) is 10.3. The second-order valence-electron chi connectivity index (χ2n) is 5.32. The Morgan fingerprint density at radius 2 is 1.47 bits per heavy atom. The van der Waals surface area contributed by atoms with Gasteiger partial charge in [-0.1, -0.05) is 66.2 Å². The lowest BCUT2D eigenvalue weighted by molar-refractivity contribution is -0.149. The van der Waals surface area contributed by atoms with Crippen molar-refractivity contribution in [2.24, 2.45) is 11.8 Å². The lowest BCUT2D eigenvalue weighted by Crippen LogP contribution is -2.20. The van der Waals surface area contributed by atoms with Gasteiger partial charge in [-0.05, 0) is 12.3 Å². The maximum Gasteiger partial charge on any atom is 0.308 e. The average molecular weight is 242 g/mol. The fraction of sp³-hybridized carbons (Fsp3) is 0.933. The van der Waals surface area contributed by atoms with Gasteiger partial charge in [0.15, 0.2) is 0 Å². The van der Waals surface area contributed by atoms with E-state index in [1.165, 1.54) is 38.5 Å². The van der Waals surface area contributed by atoms with Crippen LogP contribution in [0.2, 0.25) is 0 Å². The molecule has 0 aromatic rings. The molecule has 0 aromatic carbocycles. The Labute approximate surface area is 107 Å². The van der Waals surface area contributed by atoms with Crippen molar-refractivity contribution >= 4 is 5.97 Å². The number of hydrogen-bond donors (Lipinski definition) is 0. The number of esters is 1. The number of rotatable bonds is 10. The zero-order valence-corrected chi connectivity index (χ0v) is 12.1. The van der Waals surface area contributed by atoms with Gasteiger partial charge in [-0.2, -0.15) is 0 Å². The van der Waals surface area contributed by atoms with Crippen molar-refractivity contribution in [2.75, 3.05) is 6.61 Å². The zero-order chi connectivity index (χ0) is 13.1. The SMILES string of the molecule is CCCCCCCCCOC(=O)C(C)C(C)C. The molecule has 0 heterocycles. The fourth-order valence-corrected chi connectivity index (χ4v) is 1.64. The molecule has 0 saturated heterocycles. The minimum Gasteiger partial charge on any atom is -0.465 e. The first kappa shape index (κ1) is 16.5. The predicted molar refractivity (Wildman–Crippen MR) is 73.0 cm³/mol. The fourth-order valence-electron chi connectivity index (χ4n) is 1.64. The highest BCUT2D eigenvalue weighted by atomic mass is 16.5. The quantitative estimate of drug-likeness (QED) is 0.414. The van der Waals surface area contributed by atoms with E-state index in [4.69, 9.17) is 4.74 Å². The van der Waals surface area contributed by atoms with Gasteiger partial charge in [0.2, 0.25) is 0 Å². The van der Waals surface area contributed by atoms with E-state index >= 15 is 0 Å². The summed E-state index contributed by atoms with van der Waals surface area (Å²) >= 11 is 0. The molecule has 2 nitrogen and oxygen atoms in total. The Balaban J connectivity index is 3.31. The van der Waals surface area contributed by atoms with Crippen LogP contribution in [0.1, 0.15) is 72.6 Å². The largest absolute Gasteiger partial charge is 0.465 e. The van der Waals surface area contributed by atoms with Crippen LogP contribution >= 0.6 is 0 Å². The second-order valence-corrected chi connectivity index (χ2v) is 5.32. The zero-order valence-electron chi connectivity index (χ0n) is 12.1. The molecule has 102 valence electrons. The number of unbranched alkanes of at least 4 members (excludes halogenated alkanes) is 6. The van der Waals surface area contributed by atoms with Crippen molar-refractivity contribution in [1.29, 1.82) is 0 Å². The normalized spacial score (nSPS) is 12.8. The molecule has 0 rings (SSSR count). The number of carbonyl (C=O) groups is 1. The van der Waals surface area contributed by atoms with Gasteiger partial charge in [0.25, 0.3) is 0 Å². The molecule has 0 aromatic heterocycles. The van der Waals surface area contributed by atoms with Crippen LogP contribution in [0, 0.1) is 11.8 Å². The van der Waals surface area contributed by atoms with Gasteiger partial charge in [0.05, 0.1) is 12.5 Å². The third kappa shape index (κ3) is 9.20. The highest BCUT2D eigenvalue weighted by Gasteiger charge is 2.17. The van der Waals surface area contributed by atoms with E-state index in [1.54, 1.807) is 0 Å². The third-order valence-electron chi connectivity index (χ3n) is 3.36. The van der Waals surface area contributed by atoms with E-state index < -0.39 is 0 Å². The molecule has 0 spiro atoms. The van der Waals surface area contributed by atoms with Crippen LogP contribution in [0.4, 0.5) is 0 Å². The second kappa shape index (κ2) is 10.6. The summed E-state index contributed by atoms with van der Waals surface area (Å²) in [4.78, 5) is 11.5. The Hall–Kier alpha value is -0.530. The predicted octanol–water partition coefficient (Wildman–Crippen LogP) is 4.57. The van der Waals surface area contributed by atoms with E-state index in [2.05, 4.69) is 20.8 Å². The lowest BCUT2D eigenvalue weighted by Gasteiger charge is -2.14. The van der Waals surface area contributed by atoms with Gasteiger partial charge < -0.3 is 4.74 Å². The topological polar surface area (TPSA) is 26.3 Å². The van der Waals surface area contributed by atoms with Crippen LogP contribution < -0.4 is 0 Å². The van der Waals surface area contributed by atoms with Crippen LogP contribution in [-0.4, -0.2) is 12.6 Å². The lowest BCUT2D eigenvalue weighted by atomic mass is 9.99. The van der Waals surface area contributed by atoms with Crippen LogP contribution in [0.3, 0.4) is 0 Å². The molecule has 0 aliphatic heterocycles. The maximum atomic E-state index is 11.5. The molecule has 1 unspecified atom stereocenters. The molecule has 0 fully saturated rings. The third-order valence-corrected chi connectivity index (χ3v) is 3.36. The van der Waals surface area contributed by atoms with Gasteiger partial charge in [-0.15, -0.1) is 0 Å². The molecule has 0 N–H and O–H groups in total. The van der Waals surface area contributed by atoms with Crippen molar-refractivity contribution in [1.82, 2.24) is 0 Å². The summed E-state index contributed by atoms with van der Waals surface area (Å²) in [5.41, 5.74) is 0.